The van der Waals surface area contributed by atoms with Gasteiger partial charge in [-0.2, -0.15) is 0 Å². The number of rotatable bonds is 12. The Balaban J connectivity index is 2.74. The summed E-state index contributed by atoms with van der Waals surface area (Å²) >= 11 is -2.72. The summed E-state index contributed by atoms with van der Waals surface area (Å²) in [6, 6.07) is 12.0. The average Bonchev–Trinajstić information content (AvgIpc) is 2.73. The van der Waals surface area contributed by atoms with Gasteiger partial charge in [0.1, 0.15) is 0 Å². The summed E-state index contributed by atoms with van der Waals surface area (Å²) in [6.45, 7) is 9.01. The van der Waals surface area contributed by atoms with Crippen molar-refractivity contribution < 1.29 is 9.13 Å². The molecule has 2 aromatic carbocycles. The number of hydrogen-bond donors (Lipinski definition) is 0. The Hall–Kier alpha value is -1.03. The molecule has 160 valence electrons. The first kappa shape index (κ1) is 24.2. The Morgan fingerprint density at radius 1 is 0.862 bits per heavy atom. The van der Waals surface area contributed by atoms with Crippen molar-refractivity contribution in [3.63, 3.8) is 0 Å². The summed E-state index contributed by atoms with van der Waals surface area (Å²) in [5, 5.41) is 0. The van der Waals surface area contributed by atoms with Gasteiger partial charge in [0.05, 0.1) is 0 Å². The molecule has 0 fully saturated rings. The molecule has 1 nitrogen and oxygen atoms in total. The molecule has 0 saturated carbocycles. The number of unbranched alkanes of at least 4 members (excludes halogenated alkanes) is 3. The monoisotopic (exact) mass is 506 g/mol. The summed E-state index contributed by atoms with van der Waals surface area (Å²) in [7, 11) is 1.65. The Kier molecular flexibility index (Phi) is 10.0. The molecule has 0 saturated heterocycles. The maximum absolute atomic E-state index is 15.1. The molecule has 0 unspecified atom stereocenters. The predicted molar refractivity (Wildman–Crippen MR) is 128 cm³/mol. The molecule has 0 spiro atoms. The Morgan fingerprint density at radius 3 is 1.97 bits per heavy atom. The normalized spacial score (nSPS) is 11.7. The van der Waals surface area contributed by atoms with E-state index in [1.54, 1.807) is 19.2 Å². The quantitative estimate of drug-likeness (QED) is 0.267. The van der Waals surface area contributed by atoms with Gasteiger partial charge in [0.25, 0.3) is 0 Å². The first-order chi connectivity index (χ1) is 14.0. The van der Waals surface area contributed by atoms with Crippen molar-refractivity contribution in [2.75, 3.05) is 7.11 Å². The standard InChI is InChI=1S/C14H12FO.3C4H9.Sn/c1-10-5-3-6-11(9-10)14-12(15)7-4-8-13(14)16-2;3*1-3-4-2;/h3-5,7-9H,1-2H3;3*1,3-4H2,2H3;. The molecule has 0 N–H and O–H groups in total. The van der Waals surface area contributed by atoms with E-state index in [1.165, 1.54) is 61.0 Å². The number of methoxy groups -OCH3 is 1. The van der Waals surface area contributed by atoms with Crippen LogP contribution in [0.4, 0.5) is 4.39 Å². The van der Waals surface area contributed by atoms with Crippen molar-refractivity contribution >= 4 is 22.0 Å². The molecule has 2 aromatic rings. The molecule has 0 aliphatic heterocycles. The molecule has 2 rings (SSSR count). The number of benzene rings is 2. The fourth-order valence-electron chi connectivity index (χ4n) is 4.59. The number of halogens is 1. The topological polar surface area (TPSA) is 9.23 Å². The Morgan fingerprint density at radius 2 is 1.45 bits per heavy atom. The number of hydrogen-bond acceptors (Lipinski definition) is 1. The van der Waals surface area contributed by atoms with Crippen LogP contribution in [-0.4, -0.2) is 25.5 Å². The second kappa shape index (κ2) is 12.0. The van der Waals surface area contributed by atoms with E-state index in [1.807, 2.05) is 6.07 Å². The summed E-state index contributed by atoms with van der Waals surface area (Å²) < 4.78 is 26.4. The first-order valence-electron chi connectivity index (χ1n) is 11.5. The van der Waals surface area contributed by atoms with Gasteiger partial charge in [0, 0.05) is 0 Å². The van der Waals surface area contributed by atoms with Crippen molar-refractivity contribution in [2.45, 2.75) is 79.5 Å². The van der Waals surface area contributed by atoms with Crippen molar-refractivity contribution in [1.82, 2.24) is 0 Å². The van der Waals surface area contributed by atoms with Gasteiger partial charge in [-0.1, -0.05) is 0 Å². The van der Waals surface area contributed by atoms with Gasteiger partial charge in [-0.15, -0.1) is 0 Å². The summed E-state index contributed by atoms with van der Waals surface area (Å²) in [5.74, 6) is 0.483. The molecule has 0 heterocycles. The summed E-state index contributed by atoms with van der Waals surface area (Å²) in [4.78, 5) is 0. The Bertz CT molecular complexity index is 750. The van der Waals surface area contributed by atoms with Crippen LogP contribution in [0.5, 0.6) is 5.75 Å². The van der Waals surface area contributed by atoms with Gasteiger partial charge in [-0.05, 0) is 0 Å². The van der Waals surface area contributed by atoms with Crippen LogP contribution in [0.1, 0.15) is 64.9 Å². The average molecular weight is 505 g/mol. The van der Waals surface area contributed by atoms with Crippen LogP contribution in [0, 0.1) is 12.7 Å². The molecule has 3 heteroatoms. The third-order valence-corrected chi connectivity index (χ3v) is 22.0. The number of ether oxygens (including phenoxy) is 1. The van der Waals surface area contributed by atoms with Crippen LogP contribution in [-0.2, 0) is 0 Å². The third kappa shape index (κ3) is 5.99. The second-order valence-electron chi connectivity index (χ2n) is 8.46. The fourth-order valence-corrected chi connectivity index (χ4v) is 21.3. The van der Waals surface area contributed by atoms with Gasteiger partial charge in [0.15, 0.2) is 0 Å². The van der Waals surface area contributed by atoms with Crippen molar-refractivity contribution in [2.24, 2.45) is 0 Å². The van der Waals surface area contributed by atoms with Crippen LogP contribution in [0.15, 0.2) is 36.4 Å². The molecule has 0 amide bonds. The van der Waals surface area contributed by atoms with Crippen LogP contribution in [0.3, 0.4) is 0 Å². The van der Waals surface area contributed by atoms with E-state index < -0.39 is 18.4 Å². The molecule has 0 bridgehead atoms. The predicted octanol–water partition coefficient (Wildman–Crippen LogP) is 7.87. The zero-order valence-corrected chi connectivity index (χ0v) is 22.0. The van der Waals surface area contributed by atoms with E-state index in [0.29, 0.717) is 11.3 Å². The second-order valence-corrected chi connectivity index (χ2v) is 21.6. The first-order valence-corrected chi connectivity index (χ1v) is 18.9. The van der Waals surface area contributed by atoms with E-state index in [9.17, 15) is 0 Å². The molecule has 0 atom stereocenters. The SMILES string of the molecule is CCC[CH2][Sn]([CH2]CCC)([CH2]CCC)[c]1ccc(C)cc1-c1c(F)cccc1OC. The van der Waals surface area contributed by atoms with Gasteiger partial charge in [-0.3, -0.25) is 0 Å². The third-order valence-electron chi connectivity index (χ3n) is 6.24. The molecule has 0 aliphatic carbocycles. The Labute approximate surface area is 181 Å². The van der Waals surface area contributed by atoms with E-state index in [4.69, 9.17) is 4.74 Å². The summed E-state index contributed by atoms with van der Waals surface area (Å²) in [6.07, 6.45) is 7.60. The summed E-state index contributed by atoms with van der Waals surface area (Å²) in [5.41, 5.74) is 2.97. The van der Waals surface area contributed by atoms with Crippen molar-refractivity contribution in [3.05, 3.63) is 47.8 Å². The van der Waals surface area contributed by atoms with Gasteiger partial charge < -0.3 is 0 Å². The van der Waals surface area contributed by atoms with Gasteiger partial charge >= 0.3 is 182 Å². The minimum atomic E-state index is -2.72. The maximum atomic E-state index is 15.1. The van der Waals surface area contributed by atoms with E-state index >= 15 is 4.39 Å². The van der Waals surface area contributed by atoms with Gasteiger partial charge in [0.2, 0.25) is 0 Å². The van der Waals surface area contributed by atoms with E-state index in [0.717, 1.165) is 5.56 Å². The molecule has 0 aromatic heterocycles. The molecule has 0 radical (unpaired) electrons. The van der Waals surface area contributed by atoms with Crippen LogP contribution < -0.4 is 8.32 Å². The van der Waals surface area contributed by atoms with Gasteiger partial charge in [-0.25, -0.2) is 0 Å². The molecular formula is C26H39FOSn. The van der Waals surface area contributed by atoms with E-state index in [2.05, 4.69) is 45.9 Å². The van der Waals surface area contributed by atoms with Crippen molar-refractivity contribution in [3.8, 4) is 16.9 Å². The van der Waals surface area contributed by atoms with Crippen molar-refractivity contribution in [1.29, 1.82) is 0 Å². The fraction of sp³-hybridized carbons (Fsp3) is 0.538. The van der Waals surface area contributed by atoms with Crippen LogP contribution in [0.25, 0.3) is 11.1 Å². The van der Waals surface area contributed by atoms with Crippen LogP contribution in [0.2, 0.25) is 13.3 Å². The molecule has 29 heavy (non-hydrogen) atoms. The minimum absolute atomic E-state index is 0.169. The molecular weight excluding hydrogens is 466 g/mol. The van der Waals surface area contributed by atoms with E-state index in [-0.39, 0.29) is 5.82 Å². The zero-order valence-electron chi connectivity index (χ0n) is 19.1. The number of aryl methyl sites for hydroxylation is 1. The molecule has 0 aliphatic rings. The van der Waals surface area contributed by atoms with Crippen LogP contribution >= 0.6 is 0 Å². The zero-order chi connectivity index (χ0) is 21.3.